The fourth-order valence-corrected chi connectivity index (χ4v) is 5.42. The summed E-state index contributed by atoms with van der Waals surface area (Å²) in [5, 5.41) is 2.14. The largest absolute Gasteiger partial charge is 0.477 e. The summed E-state index contributed by atoms with van der Waals surface area (Å²) in [5.41, 5.74) is 7.02. The second-order valence-corrected chi connectivity index (χ2v) is 9.48. The summed E-state index contributed by atoms with van der Waals surface area (Å²) in [7, 11) is 0. The molecule has 2 aromatic heterocycles. The standard InChI is InChI=1S/C28H34N4O/c1-19-17-20(2)26(21(3)18-19)32-24-12-7-6-11-23(24)25-27(32)29-22(4)30-28(25)33-16-10-15-31-13-8-5-9-14-31/h6-7,11-12,17-18H,5,8-10,13-16H2,1-4H3. The number of aryl methyl sites for hydroxylation is 4. The molecular formula is C28H34N4O. The third kappa shape index (κ3) is 4.22. The zero-order valence-electron chi connectivity index (χ0n) is 20.3. The fraction of sp³-hybridized carbons (Fsp3) is 0.429. The van der Waals surface area contributed by atoms with E-state index in [1.165, 1.54) is 54.7 Å². The molecule has 0 N–H and O–H groups in total. The molecule has 0 radical (unpaired) electrons. The van der Waals surface area contributed by atoms with E-state index in [4.69, 9.17) is 14.7 Å². The van der Waals surface area contributed by atoms with Crippen LogP contribution in [0.5, 0.6) is 5.88 Å². The summed E-state index contributed by atoms with van der Waals surface area (Å²) in [5.74, 6) is 1.44. The highest BCUT2D eigenvalue weighted by Crippen LogP contribution is 2.37. The van der Waals surface area contributed by atoms with Crippen LogP contribution in [-0.2, 0) is 0 Å². The number of rotatable bonds is 6. The lowest BCUT2D eigenvalue weighted by atomic mass is 10.0. The normalized spacial score (nSPS) is 14.9. The zero-order valence-corrected chi connectivity index (χ0v) is 20.3. The topological polar surface area (TPSA) is 43.2 Å². The van der Waals surface area contributed by atoms with Crippen molar-refractivity contribution in [1.82, 2.24) is 19.4 Å². The molecule has 1 fully saturated rings. The molecule has 5 nitrogen and oxygen atoms in total. The number of likely N-dealkylation sites (tertiary alicyclic amines) is 1. The van der Waals surface area contributed by atoms with Crippen LogP contribution in [0.1, 0.15) is 48.2 Å². The van der Waals surface area contributed by atoms with Gasteiger partial charge in [0.25, 0.3) is 0 Å². The lowest BCUT2D eigenvalue weighted by Gasteiger charge is -2.26. The average molecular weight is 443 g/mol. The maximum absolute atomic E-state index is 6.34. The average Bonchev–Trinajstić information content (AvgIpc) is 3.11. The van der Waals surface area contributed by atoms with Crippen LogP contribution >= 0.6 is 0 Å². The number of fused-ring (bicyclic) bond motifs is 3. The second kappa shape index (κ2) is 9.14. The third-order valence-electron chi connectivity index (χ3n) is 6.76. The number of benzene rings is 2. The van der Waals surface area contributed by atoms with E-state index in [2.05, 4.69) is 66.6 Å². The highest BCUT2D eigenvalue weighted by atomic mass is 16.5. The van der Waals surface area contributed by atoms with Gasteiger partial charge in [-0.15, -0.1) is 0 Å². The van der Waals surface area contributed by atoms with Crippen molar-refractivity contribution in [3.05, 3.63) is 58.9 Å². The van der Waals surface area contributed by atoms with Gasteiger partial charge in [-0.3, -0.25) is 4.57 Å². The summed E-state index contributed by atoms with van der Waals surface area (Å²) in [6.45, 7) is 12.7. The molecule has 0 atom stereocenters. The molecule has 1 aliphatic heterocycles. The van der Waals surface area contributed by atoms with Crippen molar-refractivity contribution in [2.75, 3.05) is 26.2 Å². The minimum absolute atomic E-state index is 0.671. The number of hydrogen-bond donors (Lipinski definition) is 0. The van der Waals surface area contributed by atoms with Gasteiger partial charge < -0.3 is 9.64 Å². The minimum atomic E-state index is 0.671. The summed E-state index contributed by atoms with van der Waals surface area (Å²) in [6, 6.07) is 13.0. The van der Waals surface area contributed by atoms with Crippen LogP contribution in [0.15, 0.2) is 36.4 Å². The lowest BCUT2D eigenvalue weighted by molar-refractivity contribution is 0.203. The van der Waals surface area contributed by atoms with E-state index in [-0.39, 0.29) is 0 Å². The van der Waals surface area contributed by atoms with Crippen LogP contribution < -0.4 is 4.74 Å². The smallest absolute Gasteiger partial charge is 0.227 e. The van der Waals surface area contributed by atoms with Gasteiger partial charge in [-0.1, -0.05) is 42.3 Å². The molecule has 172 valence electrons. The van der Waals surface area contributed by atoms with Crippen molar-refractivity contribution in [2.45, 2.75) is 53.4 Å². The van der Waals surface area contributed by atoms with Crippen LogP contribution in [0, 0.1) is 27.7 Å². The highest BCUT2D eigenvalue weighted by molar-refractivity contribution is 6.10. The Labute approximate surface area is 196 Å². The summed E-state index contributed by atoms with van der Waals surface area (Å²) in [6.07, 6.45) is 5.03. The Hall–Kier alpha value is -2.92. The number of piperidine rings is 1. The molecular weight excluding hydrogens is 408 g/mol. The Balaban J connectivity index is 1.56. The molecule has 1 saturated heterocycles. The van der Waals surface area contributed by atoms with Crippen molar-refractivity contribution in [3.63, 3.8) is 0 Å². The highest BCUT2D eigenvalue weighted by Gasteiger charge is 2.21. The summed E-state index contributed by atoms with van der Waals surface area (Å²) >= 11 is 0. The van der Waals surface area contributed by atoms with Crippen LogP contribution in [0.4, 0.5) is 0 Å². The van der Waals surface area contributed by atoms with E-state index >= 15 is 0 Å². The molecule has 5 heteroatoms. The molecule has 2 aromatic carbocycles. The first kappa shape index (κ1) is 21.9. The number of ether oxygens (including phenoxy) is 1. The predicted molar refractivity (Wildman–Crippen MR) is 136 cm³/mol. The van der Waals surface area contributed by atoms with Crippen LogP contribution in [0.3, 0.4) is 0 Å². The quantitative estimate of drug-likeness (QED) is 0.340. The Bertz CT molecular complexity index is 1280. The van der Waals surface area contributed by atoms with Crippen molar-refractivity contribution >= 4 is 21.9 Å². The van der Waals surface area contributed by atoms with Gasteiger partial charge in [-0.25, -0.2) is 4.98 Å². The summed E-state index contributed by atoms with van der Waals surface area (Å²) < 4.78 is 8.63. The van der Waals surface area contributed by atoms with E-state index < -0.39 is 0 Å². The van der Waals surface area contributed by atoms with Crippen LogP contribution in [0.25, 0.3) is 27.6 Å². The molecule has 0 spiro atoms. The lowest BCUT2D eigenvalue weighted by Crippen LogP contribution is -2.31. The number of hydrogen-bond acceptors (Lipinski definition) is 4. The maximum Gasteiger partial charge on any atom is 0.227 e. The van der Waals surface area contributed by atoms with Gasteiger partial charge in [0.15, 0.2) is 5.65 Å². The van der Waals surface area contributed by atoms with Crippen molar-refractivity contribution in [3.8, 4) is 11.6 Å². The van der Waals surface area contributed by atoms with E-state index in [1.54, 1.807) is 0 Å². The molecule has 5 rings (SSSR count). The molecule has 3 heterocycles. The first-order chi connectivity index (χ1) is 16.0. The first-order valence-electron chi connectivity index (χ1n) is 12.2. The molecule has 0 unspecified atom stereocenters. The predicted octanol–water partition coefficient (Wildman–Crippen LogP) is 6.06. The van der Waals surface area contributed by atoms with Gasteiger partial charge >= 0.3 is 0 Å². The van der Waals surface area contributed by atoms with Crippen molar-refractivity contribution in [1.29, 1.82) is 0 Å². The maximum atomic E-state index is 6.34. The molecule has 33 heavy (non-hydrogen) atoms. The van der Waals surface area contributed by atoms with E-state index in [0.717, 1.165) is 40.7 Å². The second-order valence-electron chi connectivity index (χ2n) is 9.48. The van der Waals surface area contributed by atoms with Crippen molar-refractivity contribution in [2.24, 2.45) is 0 Å². The van der Waals surface area contributed by atoms with E-state index in [0.29, 0.717) is 12.5 Å². The van der Waals surface area contributed by atoms with Gasteiger partial charge in [0.1, 0.15) is 5.82 Å². The number of nitrogens with zero attached hydrogens (tertiary/aromatic N) is 4. The SMILES string of the molecule is Cc1cc(C)c(-n2c3ccccc3c3c(OCCCN4CCCCC4)nc(C)nc32)c(C)c1. The molecule has 0 bridgehead atoms. The molecule has 4 aromatic rings. The molecule has 0 saturated carbocycles. The zero-order chi connectivity index (χ0) is 22.9. The van der Waals surface area contributed by atoms with Crippen LogP contribution in [0.2, 0.25) is 0 Å². The monoisotopic (exact) mass is 442 g/mol. The molecule has 0 aliphatic carbocycles. The minimum Gasteiger partial charge on any atom is -0.477 e. The van der Waals surface area contributed by atoms with Gasteiger partial charge in [0.2, 0.25) is 5.88 Å². The summed E-state index contributed by atoms with van der Waals surface area (Å²) in [4.78, 5) is 12.2. The Kier molecular flexibility index (Phi) is 6.07. The van der Waals surface area contributed by atoms with Gasteiger partial charge in [-0.05, 0) is 77.2 Å². The fourth-order valence-electron chi connectivity index (χ4n) is 5.42. The first-order valence-corrected chi connectivity index (χ1v) is 12.2. The van der Waals surface area contributed by atoms with Crippen LogP contribution in [-0.4, -0.2) is 45.7 Å². The van der Waals surface area contributed by atoms with Gasteiger partial charge in [0.05, 0.1) is 23.2 Å². The van der Waals surface area contributed by atoms with E-state index in [1.807, 2.05) is 6.92 Å². The Morgan fingerprint density at radius 3 is 2.39 bits per heavy atom. The number of para-hydroxylation sites is 1. The molecule has 1 aliphatic rings. The Morgan fingerprint density at radius 1 is 0.909 bits per heavy atom. The molecule has 0 amide bonds. The van der Waals surface area contributed by atoms with E-state index in [9.17, 15) is 0 Å². The van der Waals surface area contributed by atoms with Crippen molar-refractivity contribution < 1.29 is 4.74 Å². The van der Waals surface area contributed by atoms with Gasteiger partial charge in [0, 0.05) is 11.9 Å². The Morgan fingerprint density at radius 2 is 1.64 bits per heavy atom. The third-order valence-corrected chi connectivity index (χ3v) is 6.76. The number of aromatic nitrogens is 3. The van der Waals surface area contributed by atoms with Gasteiger partial charge in [-0.2, -0.15) is 4.98 Å².